The molecule has 1 nitrogen and oxygen atoms in total. The third-order valence-corrected chi connectivity index (χ3v) is 8.05. The minimum absolute atomic E-state index is 0.319. The average Bonchev–Trinajstić information content (AvgIpc) is 2.12. The van der Waals surface area contributed by atoms with E-state index in [0.29, 0.717) is 11.0 Å². The molecule has 0 radical (unpaired) electrons. The van der Waals surface area contributed by atoms with Crippen molar-refractivity contribution in [3.63, 3.8) is 0 Å². The first-order chi connectivity index (χ1) is 7.20. The summed E-state index contributed by atoms with van der Waals surface area (Å²) in [5.74, 6) is 6.73. The van der Waals surface area contributed by atoms with Crippen molar-refractivity contribution in [2.45, 2.75) is 65.6 Å². The summed E-state index contributed by atoms with van der Waals surface area (Å²) in [5.41, 5.74) is 0. The second kappa shape index (κ2) is 6.47. The lowest BCUT2D eigenvalue weighted by Gasteiger charge is -2.36. The van der Waals surface area contributed by atoms with Crippen LogP contribution in [0, 0.1) is 17.8 Å². The van der Waals surface area contributed by atoms with E-state index in [0.717, 1.165) is 19.4 Å². The van der Waals surface area contributed by atoms with Crippen molar-refractivity contribution in [3.05, 3.63) is 0 Å². The quantitative estimate of drug-likeness (QED) is 0.509. The lowest BCUT2D eigenvalue weighted by molar-refractivity contribution is 0.261. The van der Waals surface area contributed by atoms with Gasteiger partial charge in [0.2, 0.25) is 0 Å². The van der Waals surface area contributed by atoms with Gasteiger partial charge in [-0.3, -0.25) is 0 Å². The molecule has 0 bridgehead atoms. The van der Waals surface area contributed by atoms with Crippen LogP contribution in [-0.4, -0.2) is 14.9 Å². The van der Waals surface area contributed by atoms with E-state index in [1.165, 1.54) is 0 Å². The molecule has 0 spiro atoms. The van der Waals surface area contributed by atoms with E-state index in [9.17, 15) is 0 Å². The van der Waals surface area contributed by atoms with Gasteiger partial charge in [-0.15, -0.1) is 11.8 Å². The van der Waals surface area contributed by atoms with E-state index in [1.807, 2.05) is 6.92 Å². The molecule has 16 heavy (non-hydrogen) atoms. The van der Waals surface area contributed by atoms with Gasteiger partial charge in [0.15, 0.2) is 8.32 Å². The molecule has 2 heteroatoms. The molecule has 0 aromatic heterocycles. The summed E-state index contributed by atoms with van der Waals surface area (Å²) in [6.45, 7) is 16.5. The third kappa shape index (κ3) is 5.72. The molecule has 0 amide bonds. The fourth-order valence-electron chi connectivity index (χ4n) is 1.11. The van der Waals surface area contributed by atoms with Gasteiger partial charge in [0.05, 0.1) is 0 Å². The lowest BCUT2D eigenvalue weighted by atomic mass is 10.1. The maximum Gasteiger partial charge on any atom is 0.191 e. The Morgan fingerprint density at radius 1 is 1.25 bits per heavy atom. The highest BCUT2D eigenvalue weighted by molar-refractivity contribution is 6.74. The fourth-order valence-corrected chi connectivity index (χ4v) is 2.17. The molecule has 0 aliphatic heterocycles. The van der Waals surface area contributed by atoms with Crippen LogP contribution >= 0.6 is 0 Å². The van der Waals surface area contributed by atoms with Crippen molar-refractivity contribution in [3.8, 4) is 11.8 Å². The molecule has 0 saturated carbocycles. The van der Waals surface area contributed by atoms with Crippen LogP contribution in [-0.2, 0) is 4.43 Å². The fraction of sp³-hybridized carbons (Fsp3) is 0.857. The van der Waals surface area contributed by atoms with Crippen molar-refractivity contribution in [1.82, 2.24) is 0 Å². The van der Waals surface area contributed by atoms with E-state index in [-0.39, 0.29) is 0 Å². The van der Waals surface area contributed by atoms with E-state index < -0.39 is 8.32 Å². The molecule has 0 saturated heterocycles. The zero-order chi connectivity index (χ0) is 12.8. The van der Waals surface area contributed by atoms with E-state index >= 15 is 0 Å². The van der Waals surface area contributed by atoms with Crippen molar-refractivity contribution >= 4 is 8.32 Å². The number of rotatable bonds is 5. The Morgan fingerprint density at radius 2 is 1.81 bits per heavy atom. The molecule has 0 rings (SSSR count). The van der Waals surface area contributed by atoms with Gasteiger partial charge in [-0.1, -0.05) is 27.7 Å². The Hall–Kier alpha value is -0.263. The predicted octanol–water partition coefficient (Wildman–Crippen LogP) is 4.45. The van der Waals surface area contributed by atoms with Crippen LogP contribution < -0.4 is 0 Å². The molecule has 0 fully saturated rings. The first-order valence-corrected chi connectivity index (χ1v) is 9.15. The van der Waals surface area contributed by atoms with Crippen molar-refractivity contribution in [1.29, 1.82) is 0 Å². The Labute approximate surface area is 103 Å². The molecule has 0 N–H and O–H groups in total. The van der Waals surface area contributed by atoms with Crippen LogP contribution in [0.4, 0.5) is 0 Å². The minimum atomic E-state index is -1.54. The summed E-state index contributed by atoms with van der Waals surface area (Å²) in [6, 6.07) is 0. The van der Waals surface area contributed by atoms with Gasteiger partial charge in [0, 0.05) is 13.0 Å². The minimum Gasteiger partial charge on any atom is -0.417 e. The molecule has 1 atom stereocenters. The normalized spacial score (nSPS) is 14.2. The Bertz CT molecular complexity index is 252. The number of hydrogen-bond acceptors (Lipinski definition) is 1. The van der Waals surface area contributed by atoms with Crippen molar-refractivity contribution in [2.24, 2.45) is 5.92 Å². The molecule has 94 valence electrons. The molecule has 0 aliphatic carbocycles. The highest BCUT2D eigenvalue weighted by atomic mass is 28.4. The summed E-state index contributed by atoms with van der Waals surface area (Å²) in [7, 11) is -1.54. The molecule has 0 aliphatic rings. The lowest BCUT2D eigenvalue weighted by Crippen LogP contribution is -2.41. The highest BCUT2D eigenvalue weighted by Gasteiger charge is 2.36. The topological polar surface area (TPSA) is 9.23 Å². The van der Waals surface area contributed by atoms with E-state index in [1.54, 1.807) is 0 Å². The zero-order valence-electron chi connectivity index (χ0n) is 12.1. The molecular weight excluding hydrogens is 212 g/mol. The predicted molar refractivity (Wildman–Crippen MR) is 75.0 cm³/mol. The molecule has 0 aromatic rings. The van der Waals surface area contributed by atoms with Crippen LogP contribution in [0.25, 0.3) is 0 Å². The van der Waals surface area contributed by atoms with Crippen LogP contribution in [0.2, 0.25) is 18.1 Å². The monoisotopic (exact) mass is 240 g/mol. The highest BCUT2D eigenvalue weighted by Crippen LogP contribution is 2.36. The summed E-state index contributed by atoms with van der Waals surface area (Å²) >= 11 is 0. The zero-order valence-corrected chi connectivity index (χ0v) is 13.1. The maximum atomic E-state index is 6.14. The van der Waals surface area contributed by atoms with Gasteiger partial charge in [0.25, 0.3) is 0 Å². The van der Waals surface area contributed by atoms with Crippen LogP contribution in [0.5, 0.6) is 0 Å². The molecule has 0 heterocycles. The largest absolute Gasteiger partial charge is 0.417 e. The first kappa shape index (κ1) is 15.7. The second-order valence-corrected chi connectivity index (χ2v) is 10.9. The summed E-state index contributed by atoms with van der Waals surface area (Å²) < 4.78 is 6.14. The SMILES string of the molecule is CC#CC[C@@H](C)CCO[Si](C)(C)C(C)(C)C. The Kier molecular flexibility index (Phi) is 6.36. The van der Waals surface area contributed by atoms with Gasteiger partial charge in [0.1, 0.15) is 0 Å². The smallest absolute Gasteiger partial charge is 0.191 e. The summed E-state index contributed by atoms with van der Waals surface area (Å²) in [5, 5.41) is 0.319. The van der Waals surface area contributed by atoms with Gasteiger partial charge in [-0.05, 0) is 37.4 Å². The van der Waals surface area contributed by atoms with Crippen LogP contribution in [0.3, 0.4) is 0 Å². The standard InChI is InChI=1S/C14H28OSi/c1-8-9-10-13(2)11-12-15-16(6,7)14(3,4)5/h13H,10-12H2,1-7H3/t13-/m1/s1. The van der Waals surface area contributed by atoms with Gasteiger partial charge < -0.3 is 4.43 Å². The molecule has 0 aromatic carbocycles. The summed E-state index contributed by atoms with van der Waals surface area (Å²) in [6.07, 6.45) is 2.12. The Balaban J connectivity index is 3.93. The van der Waals surface area contributed by atoms with Crippen LogP contribution in [0.1, 0.15) is 47.5 Å². The van der Waals surface area contributed by atoms with Gasteiger partial charge in [-0.25, -0.2) is 0 Å². The van der Waals surface area contributed by atoms with Gasteiger partial charge >= 0.3 is 0 Å². The Morgan fingerprint density at radius 3 is 2.25 bits per heavy atom. The van der Waals surface area contributed by atoms with Crippen molar-refractivity contribution < 1.29 is 4.43 Å². The summed E-state index contributed by atoms with van der Waals surface area (Å²) in [4.78, 5) is 0. The number of hydrogen-bond donors (Lipinski definition) is 0. The average molecular weight is 240 g/mol. The first-order valence-electron chi connectivity index (χ1n) is 6.24. The molecular formula is C14H28OSi. The third-order valence-electron chi connectivity index (χ3n) is 3.51. The second-order valence-electron chi connectivity index (χ2n) is 6.13. The van der Waals surface area contributed by atoms with Crippen LogP contribution in [0.15, 0.2) is 0 Å². The molecule has 0 unspecified atom stereocenters. The van der Waals surface area contributed by atoms with Gasteiger partial charge in [-0.2, -0.15) is 0 Å². The maximum absolute atomic E-state index is 6.14. The van der Waals surface area contributed by atoms with E-state index in [2.05, 4.69) is 52.6 Å². The van der Waals surface area contributed by atoms with E-state index in [4.69, 9.17) is 4.43 Å². The van der Waals surface area contributed by atoms with Crippen molar-refractivity contribution in [2.75, 3.05) is 6.61 Å².